The number of aromatic nitrogens is 5. The monoisotopic (exact) mass is 458 g/mol. The van der Waals surface area contributed by atoms with Crippen LogP contribution in [0.15, 0.2) is 58.2 Å². The second-order valence-corrected chi connectivity index (χ2v) is 8.43. The normalized spacial score (nSPS) is 12.5. The summed E-state index contributed by atoms with van der Waals surface area (Å²) in [7, 11) is 3.94. The molecule has 0 aliphatic rings. The van der Waals surface area contributed by atoms with E-state index in [0.717, 1.165) is 11.5 Å². The van der Waals surface area contributed by atoms with Crippen LogP contribution in [-0.4, -0.2) is 43.9 Å². The topological polar surface area (TPSA) is 72.9 Å². The highest BCUT2D eigenvalue weighted by atomic mass is 35.5. The summed E-state index contributed by atoms with van der Waals surface area (Å²) in [5.41, 5.74) is 1.46. The molecule has 2 aromatic carbocycles. The maximum Gasteiger partial charge on any atom is 0.259 e. The van der Waals surface area contributed by atoms with Gasteiger partial charge in [-0.1, -0.05) is 40.7 Å². The van der Waals surface area contributed by atoms with Crippen LogP contribution in [0.5, 0.6) is 0 Å². The van der Waals surface area contributed by atoms with Crippen LogP contribution in [0.25, 0.3) is 17.1 Å². The number of thioether (sulfide) groups is 1. The minimum absolute atomic E-state index is 0.00361. The average molecular weight is 459 g/mol. The Morgan fingerprint density at radius 1 is 1.13 bits per heavy atom. The van der Waals surface area contributed by atoms with E-state index in [0.29, 0.717) is 33.2 Å². The Hall–Kier alpha value is -2.75. The summed E-state index contributed by atoms with van der Waals surface area (Å²) < 4.78 is 20.8. The molecule has 0 bridgehead atoms. The van der Waals surface area contributed by atoms with Crippen molar-refractivity contribution in [1.82, 2.24) is 29.8 Å². The predicted molar refractivity (Wildman–Crippen MR) is 118 cm³/mol. The molecule has 0 radical (unpaired) electrons. The smallest absolute Gasteiger partial charge is 0.259 e. The zero-order valence-corrected chi connectivity index (χ0v) is 18.7. The van der Waals surface area contributed by atoms with E-state index in [1.807, 2.05) is 48.7 Å². The van der Waals surface area contributed by atoms with Crippen molar-refractivity contribution in [2.24, 2.45) is 0 Å². The van der Waals surface area contributed by atoms with Gasteiger partial charge < -0.3 is 4.52 Å². The SMILES string of the molecule is CC(c1nnc(SCc2noc(-c3ccccc3Cl)n2)n1-c1ccc(F)cc1)N(C)C. The molecule has 0 saturated carbocycles. The van der Waals surface area contributed by atoms with E-state index in [4.69, 9.17) is 16.1 Å². The van der Waals surface area contributed by atoms with E-state index in [9.17, 15) is 4.39 Å². The quantitative estimate of drug-likeness (QED) is 0.360. The largest absolute Gasteiger partial charge is 0.334 e. The number of benzene rings is 2. The van der Waals surface area contributed by atoms with E-state index >= 15 is 0 Å². The van der Waals surface area contributed by atoms with Crippen molar-refractivity contribution in [2.75, 3.05) is 14.1 Å². The Balaban J connectivity index is 1.60. The van der Waals surface area contributed by atoms with Crippen LogP contribution in [0.1, 0.15) is 24.6 Å². The fraction of sp³-hybridized carbons (Fsp3) is 0.238. The molecule has 0 saturated heterocycles. The van der Waals surface area contributed by atoms with Gasteiger partial charge in [-0.3, -0.25) is 9.47 Å². The fourth-order valence-electron chi connectivity index (χ4n) is 2.89. The molecular weight excluding hydrogens is 439 g/mol. The number of hydrogen-bond acceptors (Lipinski definition) is 7. The molecule has 0 spiro atoms. The predicted octanol–water partition coefficient (Wildman–Crippen LogP) is 5.02. The Morgan fingerprint density at radius 2 is 1.87 bits per heavy atom. The molecule has 4 rings (SSSR count). The molecule has 2 aromatic heterocycles. The first-order valence-electron chi connectivity index (χ1n) is 9.52. The Bertz CT molecular complexity index is 1180. The van der Waals surface area contributed by atoms with Gasteiger partial charge in [0, 0.05) is 5.69 Å². The van der Waals surface area contributed by atoms with Gasteiger partial charge in [-0.15, -0.1) is 10.2 Å². The second-order valence-electron chi connectivity index (χ2n) is 7.08. The minimum Gasteiger partial charge on any atom is -0.334 e. The number of hydrogen-bond donors (Lipinski definition) is 0. The number of halogens is 2. The molecule has 0 aliphatic heterocycles. The third-order valence-corrected chi connectivity index (χ3v) is 6.05. The first-order chi connectivity index (χ1) is 14.9. The van der Waals surface area contributed by atoms with Gasteiger partial charge in [-0.05, 0) is 57.4 Å². The molecule has 10 heteroatoms. The van der Waals surface area contributed by atoms with Gasteiger partial charge in [-0.25, -0.2) is 4.39 Å². The van der Waals surface area contributed by atoms with E-state index in [2.05, 4.69) is 20.3 Å². The van der Waals surface area contributed by atoms with E-state index in [1.54, 1.807) is 18.2 Å². The van der Waals surface area contributed by atoms with Crippen molar-refractivity contribution in [3.05, 3.63) is 71.0 Å². The summed E-state index contributed by atoms with van der Waals surface area (Å²) >= 11 is 7.63. The summed E-state index contributed by atoms with van der Waals surface area (Å²) in [6.07, 6.45) is 0. The molecule has 0 fully saturated rings. The van der Waals surface area contributed by atoms with Crippen molar-refractivity contribution in [1.29, 1.82) is 0 Å². The summed E-state index contributed by atoms with van der Waals surface area (Å²) in [5.74, 6) is 1.75. The maximum absolute atomic E-state index is 13.5. The highest BCUT2D eigenvalue weighted by molar-refractivity contribution is 7.98. The summed E-state index contributed by atoms with van der Waals surface area (Å²) in [6.45, 7) is 2.04. The van der Waals surface area contributed by atoms with Gasteiger partial charge >= 0.3 is 0 Å². The van der Waals surface area contributed by atoms with Gasteiger partial charge in [0.2, 0.25) is 0 Å². The van der Waals surface area contributed by atoms with Crippen molar-refractivity contribution in [2.45, 2.75) is 23.9 Å². The van der Waals surface area contributed by atoms with Gasteiger partial charge in [-0.2, -0.15) is 4.98 Å². The Kier molecular flexibility index (Phi) is 6.35. The minimum atomic E-state index is -0.299. The fourth-order valence-corrected chi connectivity index (χ4v) is 3.91. The maximum atomic E-state index is 13.5. The summed E-state index contributed by atoms with van der Waals surface area (Å²) in [6, 6.07) is 13.6. The molecule has 0 aliphatic carbocycles. The van der Waals surface area contributed by atoms with Gasteiger partial charge in [0.15, 0.2) is 16.8 Å². The molecule has 1 atom stereocenters. The lowest BCUT2D eigenvalue weighted by atomic mass is 10.2. The van der Waals surface area contributed by atoms with E-state index < -0.39 is 0 Å². The van der Waals surface area contributed by atoms with Crippen LogP contribution in [0.3, 0.4) is 0 Å². The van der Waals surface area contributed by atoms with E-state index in [-0.39, 0.29) is 11.9 Å². The van der Waals surface area contributed by atoms with E-state index in [1.165, 1.54) is 23.9 Å². The number of rotatable bonds is 7. The lowest BCUT2D eigenvalue weighted by Crippen LogP contribution is -2.20. The molecule has 2 heterocycles. The molecule has 4 aromatic rings. The van der Waals surface area contributed by atoms with Crippen LogP contribution < -0.4 is 0 Å². The van der Waals surface area contributed by atoms with Gasteiger partial charge in [0.05, 0.1) is 22.4 Å². The van der Waals surface area contributed by atoms with Crippen molar-refractivity contribution in [3.63, 3.8) is 0 Å². The molecular formula is C21H20ClFN6OS. The lowest BCUT2D eigenvalue weighted by Gasteiger charge is -2.20. The number of nitrogens with zero attached hydrogens (tertiary/aromatic N) is 6. The summed E-state index contributed by atoms with van der Waals surface area (Å²) in [5, 5.41) is 14.0. The zero-order chi connectivity index (χ0) is 22.0. The van der Waals surface area contributed by atoms with Crippen molar-refractivity contribution < 1.29 is 8.91 Å². The Morgan fingerprint density at radius 3 is 2.58 bits per heavy atom. The van der Waals surface area contributed by atoms with Crippen molar-refractivity contribution in [3.8, 4) is 17.1 Å². The van der Waals surface area contributed by atoms with Gasteiger partial charge in [0.25, 0.3) is 5.89 Å². The first-order valence-corrected chi connectivity index (χ1v) is 10.9. The lowest BCUT2D eigenvalue weighted by molar-refractivity contribution is 0.305. The summed E-state index contributed by atoms with van der Waals surface area (Å²) in [4.78, 5) is 6.48. The first kappa shape index (κ1) is 21.5. The van der Waals surface area contributed by atoms with Gasteiger partial charge in [0.1, 0.15) is 5.82 Å². The second kappa shape index (κ2) is 9.17. The highest BCUT2D eigenvalue weighted by Crippen LogP contribution is 2.30. The van der Waals surface area contributed by atoms with Crippen LogP contribution in [0.2, 0.25) is 5.02 Å². The van der Waals surface area contributed by atoms with Crippen molar-refractivity contribution >= 4 is 23.4 Å². The van der Waals surface area contributed by atoms with Crippen LogP contribution in [-0.2, 0) is 5.75 Å². The molecule has 160 valence electrons. The average Bonchev–Trinajstić information content (AvgIpc) is 3.39. The van der Waals surface area contributed by atoms with Crippen LogP contribution >= 0.6 is 23.4 Å². The van der Waals surface area contributed by atoms with Crippen LogP contribution in [0, 0.1) is 5.82 Å². The molecule has 7 nitrogen and oxygen atoms in total. The Labute approximate surface area is 188 Å². The van der Waals surface area contributed by atoms with Crippen LogP contribution in [0.4, 0.5) is 4.39 Å². The third kappa shape index (κ3) is 4.63. The molecule has 1 unspecified atom stereocenters. The molecule has 31 heavy (non-hydrogen) atoms. The zero-order valence-electron chi connectivity index (χ0n) is 17.2. The third-order valence-electron chi connectivity index (χ3n) is 4.79. The molecule has 0 N–H and O–H groups in total. The molecule has 0 amide bonds. The highest BCUT2D eigenvalue weighted by Gasteiger charge is 2.22. The standard InChI is InChI=1S/C21H20ClFN6OS/c1-13(28(2)3)19-25-26-21(29(19)15-10-8-14(23)9-11-15)31-12-18-24-20(30-27-18)16-6-4-5-7-17(16)22/h4-11,13H,12H2,1-3H3.